The van der Waals surface area contributed by atoms with E-state index in [9.17, 15) is 4.79 Å². The van der Waals surface area contributed by atoms with E-state index in [0.29, 0.717) is 18.8 Å². The molecule has 4 heteroatoms. The number of carbonyl (C=O) groups is 1. The molecule has 1 amide bonds. The molecule has 0 aliphatic carbocycles. The Morgan fingerprint density at radius 2 is 1.56 bits per heavy atom. The highest BCUT2D eigenvalue weighted by Gasteiger charge is 2.21. The molecule has 0 saturated heterocycles. The SMILES string of the molecule is Cc1cc(C)c(CN(Cc2ccc(Br)cc2)C(=O)c2ccc(C)o2)c(C)c1. The van der Waals surface area contributed by atoms with Crippen molar-refractivity contribution in [2.45, 2.75) is 40.8 Å². The summed E-state index contributed by atoms with van der Waals surface area (Å²) in [6.45, 7) is 9.23. The lowest BCUT2D eigenvalue weighted by atomic mass is 9.99. The molecule has 0 saturated carbocycles. The second kappa shape index (κ2) is 8.13. The Balaban J connectivity index is 1.94. The molecule has 0 aliphatic rings. The Morgan fingerprint density at radius 1 is 0.926 bits per heavy atom. The maximum atomic E-state index is 13.1. The third-order valence-electron chi connectivity index (χ3n) is 4.71. The van der Waals surface area contributed by atoms with Crippen LogP contribution < -0.4 is 0 Å². The number of aryl methyl sites for hydroxylation is 4. The summed E-state index contributed by atoms with van der Waals surface area (Å²) in [4.78, 5) is 15.0. The highest BCUT2D eigenvalue weighted by Crippen LogP contribution is 2.22. The molecule has 0 bridgehead atoms. The van der Waals surface area contributed by atoms with Gasteiger partial charge in [0, 0.05) is 17.6 Å². The summed E-state index contributed by atoms with van der Waals surface area (Å²) >= 11 is 3.46. The van der Waals surface area contributed by atoms with Crippen LogP contribution in [0.25, 0.3) is 0 Å². The van der Waals surface area contributed by atoms with Crippen LogP contribution in [0.2, 0.25) is 0 Å². The van der Waals surface area contributed by atoms with E-state index >= 15 is 0 Å². The van der Waals surface area contributed by atoms with Crippen LogP contribution in [0.1, 0.15) is 44.1 Å². The minimum atomic E-state index is -0.0922. The van der Waals surface area contributed by atoms with E-state index in [1.165, 1.54) is 22.3 Å². The monoisotopic (exact) mass is 425 g/mol. The van der Waals surface area contributed by atoms with Crippen molar-refractivity contribution in [2.75, 3.05) is 0 Å². The highest BCUT2D eigenvalue weighted by atomic mass is 79.9. The third kappa shape index (κ3) is 4.69. The van der Waals surface area contributed by atoms with Crippen molar-refractivity contribution in [1.29, 1.82) is 0 Å². The van der Waals surface area contributed by atoms with Gasteiger partial charge in [-0.2, -0.15) is 0 Å². The maximum Gasteiger partial charge on any atom is 0.290 e. The molecule has 3 nitrogen and oxygen atoms in total. The number of carbonyl (C=O) groups excluding carboxylic acids is 1. The van der Waals surface area contributed by atoms with Gasteiger partial charge in [0.05, 0.1) is 0 Å². The van der Waals surface area contributed by atoms with Crippen molar-refractivity contribution >= 4 is 21.8 Å². The molecule has 0 spiro atoms. The van der Waals surface area contributed by atoms with Crippen LogP contribution >= 0.6 is 15.9 Å². The molecule has 3 aromatic rings. The van der Waals surface area contributed by atoms with Crippen LogP contribution in [-0.2, 0) is 13.1 Å². The first-order valence-electron chi connectivity index (χ1n) is 9.00. The minimum absolute atomic E-state index is 0.0922. The zero-order valence-electron chi connectivity index (χ0n) is 16.2. The largest absolute Gasteiger partial charge is 0.456 e. The number of rotatable bonds is 5. The zero-order valence-corrected chi connectivity index (χ0v) is 17.8. The van der Waals surface area contributed by atoms with Gasteiger partial charge in [0.1, 0.15) is 5.76 Å². The lowest BCUT2D eigenvalue weighted by molar-refractivity contribution is 0.0695. The summed E-state index contributed by atoms with van der Waals surface area (Å²) in [5.41, 5.74) is 5.92. The fourth-order valence-corrected chi connectivity index (χ4v) is 3.63. The van der Waals surface area contributed by atoms with Crippen LogP contribution in [0.15, 0.2) is 57.4 Å². The second-order valence-corrected chi connectivity index (χ2v) is 7.99. The van der Waals surface area contributed by atoms with E-state index in [1.54, 1.807) is 6.07 Å². The Labute approximate surface area is 169 Å². The molecule has 0 N–H and O–H groups in total. The van der Waals surface area contributed by atoms with Crippen molar-refractivity contribution in [3.05, 3.63) is 92.3 Å². The van der Waals surface area contributed by atoms with Crippen LogP contribution in [-0.4, -0.2) is 10.8 Å². The number of hydrogen-bond acceptors (Lipinski definition) is 2. The summed E-state index contributed by atoms with van der Waals surface area (Å²) < 4.78 is 6.63. The van der Waals surface area contributed by atoms with E-state index in [-0.39, 0.29) is 5.91 Å². The molecule has 0 fully saturated rings. The summed E-state index contributed by atoms with van der Waals surface area (Å²) in [6.07, 6.45) is 0. The molecule has 0 aliphatic heterocycles. The predicted molar refractivity (Wildman–Crippen MR) is 112 cm³/mol. The van der Waals surface area contributed by atoms with E-state index in [2.05, 4.69) is 48.8 Å². The van der Waals surface area contributed by atoms with E-state index in [1.807, 2.05) is 42.2 Å². The minimum Gasteiger partial charge on any atom is -0.456 e. The van der Waals surface area contributed by atoms with Gasteiger partial charge in [-0.15, -0.1) is 0 Å². The first-order chi connectivity index (χ1) is 12.8. The van der Waals surface area contributed by atoms with E-state index in [4.69, 9.17) is 4.42 Å². The van der Waals surface area contributed by atoms with Crippen LogP contribution in [0.3, 0.4) is 0 Å². The van der Waals surface area contributed by atoms with Crippen LogP contribution in [0.4, 0.5) is 0 Å². The van der Waals surface area contributed by atoms with Gasteiger partial charge in [0.15, 0.2) is 5.76 Å². The van der Waals surface area contributed by atoms with Crippen LogP contribution in [0, 0.1) is 27.7 Å². The topological polar surface area (TPSA) is 33.5 Å². The Kier molecular flexibility index (Phi) is 5.85. The highest BCUT2D eigenvalue weighted by molar-refractivity contribution is 9.10. The van der Waals surface area contributed by atoms with Crippen molar-refractivity contribution in [2.24, 2.45) is 0 Å². The Morgan fingerprint density at radius 3 is 2.11 bits per heavy atom. The number of halogens is 1. The standard InChI is InChI=1S/C23H24BrNO2/c1-15-11-16(2)21(17(3)12-15)14-25(13-19-6-8-20(24)9-7-19)23(26)22-10-5-18(4)27-22/h5-12H,13-14H2,1-4H3. The number of nitrogens with zero attached hydrogens (tertiary/aromatic N) is 1. The first kappa shape index (κ1) is 19.4. The molecule has 3 rings (SSSR count). The molecule has 0 radical (unpaired) electrons. The number of hydrogen-bond donors (Lipinski definition) is 0. The molecule has 0 atom stereocenters. The lowest BCUT2D eigenvalue weighted by Crippen LogP contribution is -2.30. The van der Waals surface area contributed by atoms with Gasteiger partial charge in [-0.25, -0.2) is 0 Å². The van der Waals surface area contributed by atoms with Crippen molar-refractivity contribution < 1.29 is 9.21 Å². The maximum absolute atomic E-state index is 13.1. The average Bonchev–Trinajstić information content (AvgIpc) is 3.04. The molecule has 27 heavy (non-hydrogen) atoms. The fourth-order valence-electron chi connectivity index (χ4n) is 3.37. The molecule has 140 valence electrons. The van der Waals surface area contributed by atoms with Crippen molar-refractivity contribution in [1.82, 2.24) is 4.90 Å². The third-order valence-corrected chi connectivity index (χ3v) is 5.24. The summed E-state index contributed by atoms with van der Waals surface area (Å²) in [5, 5.41) is 0. The van der Waals surface area contributed by atoms with Gasteiger partial charge in [0.25, 0.3) is 5.91 Å². The van der Waals surface area contributed by atoms with Gasteiger partial charge in [-0.1, -0.05) is 45.8 Å². The van der Waals surface area contributed by atoms with Gasteiger partial charge in [-0.05, 0) is 74.2 Å². The molecular formula is C23H24BrNO2. The van der Waals surface area contributed by atoms with Gasteiger partial charge >= 0.3 is 0 Å². The number of benzene rings is 2. The summed E-state index contributed by atoms with van der Waals surface area (Å²) in [7, 11) is 0. The molecular weight excluding hydrogens is 402 g/mol. The summed E-state index contributed by atoms with van der Waals surface area (Å²) in [6, 6.07) is 16.0. The van der Waals surface area contributed by atoms with E-state index < -0.39 is 0 Å². The van der Waals surface area contributed by atoms with Crippen LogP contribution in [0.5, 0.6) is 0 Å². The lowest BCUT2D eigenvalue weighted by Gasteiger charge is -2.24. The first-order valence-corrected chi connectivity index (χ1v) is 9.79. The number of furan rings is 1. The van der Waals surface area contributed by atoms with Crippen molar-refractivity contribution in [3.8, 4) is 0 Å². The Hall–Kier alpha value is -2.33. The van der Waals surface area contributed by atoms with E-state index in [0.717, 1.165) is 15.8 Å². The molecule has 1 heterocycles. The molecule has 2 aromatic carbocycles. The normalized spacial score (nSPS) is 10.9. The second-order valence-electron chi connectivity index (χ2n) is 7.08. The number of amides is 1. The summed E-state index contributed by atoms with van der Waals surface area (Å²) in [5.74, 6) is 1.03. The van der Waals surface area contributed by atoms with Gasteiger partial charge < -0.3 is 9.32 Å². The smallest absolute Gasteiger partial charge is 0.290 e. The zero-order chi connectivity index (χ0) is 19.6. The van der Waals surface area contributed by atoms with Gasteiger partial charge in [0.2, 0.25) is 0 Å². The van der Waals surface area contributed by atoms with Gasteiger partial charge in [-0.3, -0.25) is 4.79 Å². The predicted octanol–water partition coefficient (Wildman–Crippen LogP) is 6.12. The van der Waals surface area contributed by atoms with Crippen molar-refractivity contribution in [3.63, 3.8) is 0 Å². The quantitative estimate of drug-likeness (QED) is 0.493. The molecule has 1 aromatic heterocycles. The Bertz CT molecular complexity index is 934. The fraction of sp³-hybridized carbons (Fsp3) is 0.261. The molecule has 0 unspecified atom stereocenters. The average molecular weight is 426 g/mol.